The summed E-state index contributed by atoms with van der Waals surface area (Å²) in [5, 5.41) is 11.3. The van der Waals surface area contributed by atoms with Crippen LogP contribution in [0, 0.1) is 16.7 Å². The van der Waals surface area contributed by atoms with Crippen molar-refractivity contribution < 1.29 is 9.84 Å². The third-order valence-corrected chi connectivity index (χ3v) is 8.99. The summed E-state index contributed by atoms with van der Waals surface area (Å²) in [6.45, 7) is 13.8. The number of hydrogen-bond acceptors (Lipinski definition) is 4. The highest BCUT2D eigenvalue weighted by Crippen LogP contribution is 2.66. The topological polar surface area (TPSA) is 35.9 Å². The van der Waals surface area contributed by atoms with E-state index < -0.39 is 0 Å². The minimum atomic E-state index is -0.299. The van der Waals surface area contributed by atoms with Gasteiger partial charge in [-0.2, -0.15) is 0 Å². The summed E-state index contributed by atoms with van der Waals surface area (Å²) in [4.78, 5) is 4.87. The molecule has 4 nitrogen and oxygen atoms in total. The highest BCUT2D eigenvalue weighted by molar-refractivity contribution is 6.30. The quantitative estimate of drug-likeness (QED) is 0.656. The molecule has 0 radical (unpaired) electrons. The van der Waals surface area contributed by atoms with Crippen LogP contribution in [0.15, 0.2) is 24.3 Å². The zero-order valence-corrected chi connectivity index (χ0v) is 19.7. The molecular weight excluding hydrogens is 396 g/mol. The molecule has 1 aliphatic heterocycles. The van der Waals surface area contributed by atoms with E-state index in [0.29, 0.717) is 23.5 Å². The lowest BCUT2D eigenvalue weighted by Gasteiger charge is -2.39. The monoisotopic (exact) mass is 434 g/mol. The highest BCUT2D eigenvalue weighted by Gasteiger charge is 2.61. The molecule has 3 aliphatic rings. The van der Waals surface area contributed by atoms with Crippen LogP contribution in [0.25, 0.3) is 0 Å². The molecule has 0 amide bonds. The van der Waals surface area contributed by atoms with Gasteiger partial charge in [-0.3, -0.25) is 9.80 Å². The summed E-state index contributed by atoms with van der Waals surface area (Å²) in [5.41, 5.74) is 2.01. The fourth-order valence-corrected chi connectivity index (χ4v) is 6.22. The standard InChI is InChI=1S/C25H39ClN2O2/c1-24(2)20-8-10-25(24,3)23(16-20)30-15-9-22(29)18-28-13-11-27(12-14-28)17-19-4-6-21(26)7-5-19/h4-7,20,22-23,29H,8-18H2,1-3H3/t20-,22+,23-,25-/m1/s1. The van der Waals surface area contributed by atoms with Gasteiger partial charge in [-0.05, 0) is 60.1 Å². The molecule has 30 heavy (non-hydrogen) atoms. The van der Waals surface area contributed by atoms with Crippen molar-refractivity contribution in [3.05, 3.63) is 34.9 Å². The minimum absolute atomic E-state index is 0.299. The van der Waals surface area contributed by atoms with Gasteiger partial charge in [0.2, 0.25) is 0 Å². The van der Waals surface area contributed by atoms with E-state index in [9.17, 15) is 5.11 Å². The van der Waals surface area contributed by atoms with Gasteiger partial charge in [-0.15, -0.1) is 0 Å². The second-order valence-electron chi connectivity index (χ2n) is 10.6. The van der Waals surface area contributed by atoms with Crippen LogP contribution in [0.1, 0.15) is 52.0 Å². The Morgan fingerprint density at radius 2 is 1.77 bits per heavy atom. The number of halogens is 1. The Morgan fingerprint density at radius 3 is 2.37 bits per heavy atom. The molecule has 5 heteroatoms. The van der Waals surface area contributed by atoms with Crippen LogP contribution >= 0.6 is 11.6 Å². The number of fused-ring (bicyclic) bond motifs is 2. The van der Waals surface area contributed by atoms with Gasteiger partial charge in [-0.1, -0.05) is 44.5 Å². The van der Waals surface area contributed by atoms with Crippen molar-refractivity contribution in [3.63, 3.8) is 0 Å². The van der Waals surface area contributed by atoms with Crippen LogP contribution in [-0.2, 0) is 11.3 Å². The number of piperazine rings is 1. The number of hydrogen-bond donors (Lipinski definition) is 1. The molecule has 2 bridgehead atoms. The molecule has 0 aromatic heterocycles. The maximum Gasteiger partial charge on any atom is 0.0689 e. The molecule has 1 saturated heterocycles. The number of nitrogens with zero attached hydrogens (tertiary/aromatic N) is 2. The van der Waals surface area contributed by atoms with Crippen molar-refractivity contribution in [1.29, 1.82) is 0 Å². The molecule has 4 rings (SSSR count). The molecule has 1 heterocycles. The average molecular weight is 435 g/mol. The van der Waals surface area contributed by atoms with E-state index in [0.717, 1.165) is 56.6 Å². The molecule has 1 N–H and O–H groups in total. The molecule has 2 aliphatic carbocycles. The van der Waals surface area contributed by atoms with E-state index in [-0.39, 0.29) is 6.10 Å². The van der Waals surface area contributed by atoms with Gasteiger partial charge in [0, 0.05) is 50.9 Å². The first-order chi connectivity index (χ1) is 14.3. The Balaban J connectivity index is 1.14. The molecule has 0 spiro atoms. The Bertz CT molecular complexity index is 702. The summed E-state index contributed by atoms with van der Waals surface area (Å²) >= 11 is 5.98. The summed E-state index contributed by atoms with van der Waals surface area (Å²) < 4.78 is 6.33. The van der Waals surface area contributed by atoms with Gasteiger partial charge in [0.15, 0.2) is 0 Å². The number of ether oxygens (including phenoxy) is 1. The third-order valence-electron chi connectivity index (χ3n) is 8.74. The van der Waals surface area contributed by atoms with Gasteiger partial charge >= 0.3 is 0 Å². The Morgan fingerprint density at radius 1 is 1.10 bits per heavy atom. The maximum absolute atomic E-state index is 10.6. The first-order valence-corrected chi connectivity index (χ1v) is 12.1. The molecule has 1 aromatic rings. The Kier molecular flexibility index (Phi) is 6.82. The van der Waals surface area contributed by atoms with Crippen molar-refractivity contribution >= 4 is 11.6 Å². The molecule has 1 aromatic carbocycles. The van der Waals surface area contributed by atoms with Crippen LogP contribution in [0.3, 0.4) is 0 Å². The zero-order chi connectivity index (χ0) is 21.4. The number of β-amino-alcohol motifs (C(OH)–C–C–N with tert-alkyl or cyclic N) is 1. The van der Waals surface area contributed by atoms with Gasteiger partial charge in [-0.25, -0.2) is 0 Å². The second-order valence-corrected chi connectivity index (χ2v) is 11.1. The average Bonchev–Trinajstić information content (AvgIpc) is 3.05. The van der Waals surface area contributed by atoms with Crippen molar-refractivity contribution in [1.82, 2.24) is 9.80 Å². The lowest BCUT2D eigenvalue weighted by atomic mass is 9.70. The summed E-state index contributed by atoms with van der Waals surface area (Å²) in [5.74, 6) is 0.807. The van der Waals surface area contributed by atoms with Gasteiger partial charge in [0.1, 0.15) is 0 Å². The fourth-order valence-electron chi connectivity index (χ4n) is 6.10. The predicted molar refractivity (Wildman–Crippen MR) is 123 cm³/mol. The summed E-state index contributed by atoms with van der Waals surface area (Å²) in [6, 6.07) is 8.14. The van der Waals surface area contributed by atoms with Gasteiger partial charge < -0.3 is 9.84 Å². The van der Waals surface area contributed by atoms with Gasteiger partial charge in [0.25, 0.3) is 0 Å². The Hall–Kier alpha value is -0.650. The molecule has 3 fully saturated rings. The molecule has 2 saturated carbocycles. The van der Waals surface area contributed by atoms with Crippen LogP contribution in [0.4, 0.5) is 0 Å². The molecule has 168 valence electrons. The summed E-state index contributed by atoms with van der Waals surface area (Å²) in [6.07, 6.45) is 4.66. The van der Waals surface area contributed by atoms with Crippen molar-refractivity contribution in [2.24, 2.45) is 16.7 Å². The van der Waals surface area contributed by atoms with E-state index >= 15 is 0 Å². The first kappa shape index (κ1) is 22.5. The zero-order valence-electron chi connectivity index (χ0n) is 18.9. The van der Waals surface area contributed by atoms with Crippen LogP contribution in [-0.4, -0.2) is 66.4 Å². The van der Waals surface area contributed by atoms with E-state index in [4.69, 9.17) is 16.3 Å². The van der Waals surface area contributed by atoms with E-state index in [1.807, 2.05) is 12.1 Å². The first-order valence-electron chi connectivity index (χ1n) is 11.8. The molecule has 4 atom stereocenters. The van der Waals surface area contributed by atoms with E-state index in [2.05, 4.69) is 42.7 Å². The number of aliphatic hydroxyl groups excluding tert-OH is 1. The lowest BCUT2D eigenvalue weighted by Crippen LogP contribution is -2.48. The van der Waals surface area contributed by atoms with Crippen LogP contribution in [0.2, 0.25) is 5.02 Å². The third kappa shape index (κ3) is 4.59. The van der Waals surface area contributed by atoms with Gasteiger partial charge in [0.05, 0.1) is 12.2 Å². The minimum Gasteiger partial charge on any atom is -0.392 e. The van der Waals surface area contributed by atoms with E-state index in [1.165, 1.54) is 24.8 Å². The highest BCUT2D eigenvalue weighted by atomic mass is 35.5. The summed E-state index contributed by atoms with van der Waals surface area (Å²) in [7, 11) is 0. The molecular formula is C25H39ClN2O2. The van der Waals surface area contributed by atoms with Crippen molar-refractivity contribution in [2.45, 2.75) is 65.2 Å². The smallest absolute Gasteiger partial charge is 0.0689 e. The van der Waals surface area contributed by atoms with Crippen molar-refractivity contribution in [2.75, 3.05) is 39.3 Å². The Labute approximate surface area is 187 Å². The number of aliphatic hydroxyl groups is 1. The fraction of sp³-hybridized carbons (Fsp3) is 0.760. The molecule has 0 unspecified atom stereocenters. The SMILES string of the molecule is CC1(C)[C@@H]2CC[C@]1(C)[C@H](OCC[C@H](O)CN1CCN(Cc3ccc(Cl)cc3)CC1)C2. The number of rotatable bonds is 8. The normalized spacial score (nSPS) is 32.6. The van der Waals surface area contributed by atoms with Crippen LogP contribution in [0.5, 0.6) is 0 Å². The largest absolute Gasteiger partial charge is 0.392 e. The second kappa shape index (κ2) is 9.07. The lowest BCUT2D eigenvalue weighted by molar-refractivity contribution is -0.0570. The number of benzene rings is 1. The van der Waals surface area contributed by atoms with Crippen molar-refractivity contribution in [3.8, 4) is 0 Å². The van der Waals surface area contributed by atoms with Crippen LogP contribution < -0.4 is 0 Å². The predicted octanol–water partition coefficient (Wildman–Crippen LogP) is 4.44. The maximum atomic E-state index is 10.6. The van der Waals surface area contributed by atoms with E-state index in [1.54, 1.807) is 0 Å².